The summed E-state index contributed by atoms with van der Waals surface area (Å²) < 4.78 is 10.8. The Bertz CT molecular complexity index is 1460. The van der Waals surface area contributed by atoms with E-state index in [1.807, 2.05) is 69.4 Å². The van der Waals surface area contributed by atoms with Gasteiger partial charge in [-0.15, -0.1) is 0 Å². The maximum atomic E-state index is 12.7. The van der Waals surface area contributed by atoms with Gasteiger partial charge in [0.15, 0.2) is 0 Å². The topological polar surface area (TPSA) is 147 Å². The van der Waals surface area contributed by atoms with Crippen molar-refractivity contribution in [3.63, 3.8) is 0 Å². The standard InChI is InChI=1S/C36H45N5O6/c1-24(2)21-32(39-36(45)46-22-25-16-18-26(37-3)19-17-25)34(43)41-40-33(42)15-5-4-10-20-38-35(44)47-23-31-29-13-8-6-11-27(29)28-12-7-9-14-30(28)31/h6-9,11-14,16-19,24,31-32,37H,4-5,10,15,20-23H2,1-3H3,(H,38,44)(H,39,45)(H,40,42)(H,41,43)/t32-/m1/s1. The van der Waals surface area contributed by atoms with Gasteiger partial charge in [-0.1, -0.05) is 80.9 Å². The highest BCUT2D eigenvalue weighted by Crippen LogP contribution is 2.44. The molecule has 5 N–H and O–H groups in total. The Kier molecular flexibility index (Phi) is 13.0. The summed E-state index contributed by atoms with van der Waals surface area (Å²) in [5, 5.41) is 8.40. The van der Waals surface area contributed by atoms with Crippen molar-refractivity contribution in [2.45, 2.75) is 64.5 Å². The summed E-state index contributed by atoms with van der Waals surface area (Å²) in [6.07, 6.45) is 1.32. The average Bonchev–Trinajstić information content (AvgIpc) is 3.40. The van der Waals surface area contributed by atoms with Gasteiger partial charge in [0.05, 0.1) is 0 Å². The summed E-state index contributed by atoms with van der Waals surface area (Å²) in [7, 11) is 1.82. The van der Waals surface area contributed by atoms with Crippen molar-refractivity contribution in [3.05, 3.63) is 89.5 Å². The van der Waals surface area contributed by atoms with Crippen LogP contribution in [0.2, 0.25) is 0 Å². The first-order valence-corrected chi connectivity index (χ1v) is 16.1. The maximum Gasteiger partial charge on any atom is 0.408 e. The van der Waals surface area contributed by atoms with Gasteiger partial charge >= 0.3 is 12.2 Å². The molecule has 0 heterocycles. The molecule has 1 aliphatic rings. The van der Waals surface area contributed by atoms with Gasteiger partial charge in [-0.2, -0.15) is 0 Å². The second kappa shape index (κ2) is 17.6. The van der Waals surface area contributed by atoms with Crippen molar-refractivity contribution in [3.8, 4) is 11.1 Å². The molecular weight excluding hydrogens is 598 g/mol. The highest BCUT2D eigenvalue weighted by molar-refractivity contribution is 5.87. The van der Waals surface area contributed by atoms with Crippen LogP contribution in [-0.4, -0.2) is 50.2 Å². The van der Waals surface area contributed by atoms with Gasteiger partial charge in [-0.05, 0) is 65.1 Å². The number of anilines is 1. The van der Waals surface area contributed by atoms with Crippen LogP contribution in [0.25, 0.3) is 11.1 Å². The fraction of sp³-hybridized carbons (Fsp3) is 0.389. The van der Waals surface area contributed by atoms with Crippen molar-refractivity contribution in [1.29, 1.82) is 0 Å². The van der Waals surface area contributed by atoms with Crippen molar-refractivity contribution in [2.24, 2.45) is 5.92 Å². The summed E-state index contributed by atoms with van der Waals surface area (Å²) in [6, 6.07) is 22.9. The van der Waals surface area contributed by atoms with Crippen LogP contribution in [0.4, 0.5) is 15.3 Å². The Morgan fingerprint density at radius 3 is 2.06 bits per heavy atom. The zero-order valence-corrected chi connectivity index (χ0v) is 27.3. The van der Waals surface area contributed by atoms with E-state index in [1.54, 1.807) is 0 Å². The van der Waals surface area contributed by atoms with E-state index in [-0.39, 0.29) is 37.4 Å². The highest BCUT2D eigenvalue weighted by Gasteiger charge is 2.29. The lowest BCUT2D eigenvalue weighted by Crippen LogP contribution is -2.52. The lowest BCUT2D eigenvalue weighted by Gasteiger charge is -2.20. The summed E-state index contributed by atoms with van der Waals surface area (Å²) in [4.78, 5) is 49.8. The molecule has 1 aliphatic carbocycles. The van der Waals surface area contributed by atoms with Gasteiger partial charge in [0.25, 0.3) is 5.91 Å². The quantitative estimate of drug-likeness (QED) is 0.107. The molecule has 11 nitrogen and oxygen atoms in total. The Labute approximate surface area is 276 Å². The Morgan fingerprint density at radius 2 is 1.43 bits per heavy atom. The molecule has 0 spiro atoms. The molecule has 0 unspecified atom stereocenters. The lowest BCUT2D eigenvalue weighted by atomic mass is 9.98. The Hall–Kier alpha value is -5.06. The Balaban J connectivity index is 1.08. The molecule has 47 heavy (non-hydrogen) atoms. The van der Waals surface area contributed by atoms with E-state index < -0.39 is 24.1 Å². The van der Waals surface area contributed by atoms with Crippen LogP contribution in [-0.2, 0) is 25.7 Å². The molecule has 3 aromatic carbocycles. The van der Waals surface area contributed by atoms with E-state index in [2.05, 4.69) is 51.1 Å². The van der Waals surface area contributed by atoms with E-state index in [0.29, 0.717) is 32.2 Å². The predicted octanol–water partition coefficient (Wildman–Crippen LogP) is 5.62. The van der Waals surface area contributed by atoms with E-state index in [1.165, 1.54) is 11.1 Å². The zero-order valence-electron chi connectivity index (χ0n) is 27.3. The molecular formula is C36H45N5O6. The second-order valence-electron chi connectivity index (χ2n) is 11.9. The molecule has 3 aromatic rings. The smallest absolute Gasteiger partial charge is 0.408 e. The summed E-state index contributed by atoms with van der Waals surface area (Å²) >= 11 is 0. The number of fused-ring (bicyclic) bond motifs is 3. The number of nitrogens with one attached hydrogen (secondary N) is 5. The van der Waals surface area contributed by atoms with E-state index in [4.69, 9.17) is 9.47 Å². The summed E-state index contributed by atoms with van der Waals surface area (Å²) in [5.41, 5.74) is 11.2. The third kappa shape index (κ3) is 10.5. The molecule has 4 rings (SSSR count). The monoisotopic (exact) mass is 643 g/mol. The van der Waals surface area contributed by atoms with Gasteiger partial charge in [0, 0.05) is 31.6 Å². The molecule has 250 valence electrons. The van der Waals surface area contributed by atoms with Gasteiger partial charge in [-0.25, -0.2) is 9.59 Å². The fourth-order valence-corrected chi connectivity index (χ4v) is 5.51. The zero-order chi connectivity index (χ0) is 33.6. The number of carbonyl (C=O) groups excluding carboxylic acids is 4. The van der Waals surface area contributed by atoms with Gasteiger partial charge < -0.3 is 25.4 Å². The van der Waals surface area contributed by atoms with Crippen LogP contribution in [0.3, 0.4) is 0 Å². The SMILES string of the molecule is CNc1ccc(COC(=O)N[C@H](CC(C)C)C(=O)NNC(=O)CCCCCNC(=O)OCC2c3ccccc3-c3ccccc32)cc1. The number of hydrogen-bond acceptors (Lipinski definition) is 7. The Morgan fingerprint density at radius 1 is 0.766 bits per heavy atom. The number of benzene rings is 3. The fourth-order valence-electron chi connectivity index (χ4n) is 5.51. The molecule has 0 saturated carbocycles. The van der Waals surface area contributed by atoms with Crippen LogP contribution in [0.1, 0.15) is 68.6 Å². The third-order valence-corrected chi connectivity index (χ3v) is 7.95. The van der Waals surface area contributed by atoms with Gasteiger partial charge in [-0.3, -0.25) is 20.4 Å². The maximum absolute atomic E-state index is 12.7. The summed E-state index contributed by atoms with van der Waals surface area (Å²) in [5.74, 6) is -0.768. The minimum Gasteiger partial charge on any atom is -0.449 e. The van der Waals surface area contributed by atoms with Crippen LogP contribution < -0.4 is 26.8 Å². The third-order valence-electron chi connectivity index (χ3n) is 7.95. The molecule has 0 fully saturated rings. The van der Waals surface area contributed by atoms with Gasteiger partial charge in [0.1, 0.15) is 19.3 Å². The van der Waals surface area contributed by atoms with E-state index in [0.717, 1.165) is 22.4 Å². The minimum absolute atomic E-state index is 0.00406. The number of ether oxygens (including phenoxy) is 2. The normalized spacial score (nSPS) is 12.3. The van der Waals surface area contributed by atoms with Crippen molar-refractivity contribution < 1.29 is 28.7 Å². The second-order valence-corrected chi connectivity index (χ2v) is 11.9. The highest BCUT2D eigenvalue weighted by atomic mass is 16.6. The molecule has 0 aromatic heterocycles. The predicted molar refractivity (Wildman–Crippen MR) is 180 cm³/mol. The number of hydrogen-bond donors (Lipinski definition) is 5. The number of hydrazine groups is 1. The first-order chi connectivity index (χ1) is 22.7. The molecule has 1 atom stereocenters. The number of unbranched alkanes of at least 4 members (excludes halogenated alkanes) is 2. The lowest BCUT2D eigenvalue weighted by molar-refractivity contribution is -0.130. The van der Waals surface area contributed by atoms with Crippen molar-refractivity contribution >= 4 is 29.7 Å². The van der Waals surface area contributed by atoms with E-state index in [9.17, 15) is 19.2 Å². The molecule has 0 saturated heterocycles. The largest absolute Gasteiger partial charge is 0.449 e. The average molecular weight is 644 g/mol. The number of alkyl carbamates (subject to hydrolysis) is 2. The van der Waals surface area contributed by atoms with Gasteiger partial charge in [0.2, 0.25) is 5.91 Å². The van der Waals surface area contributed by atoms with Crippen LogP contribution in [0.15, 0.2) is 72.8 Å². The molecule has 11 heteroatoms. The number of carbonyl (C=O) groups is 4. The minimum atomic E-state index is -0.876. The number of amides is 4. The van der Waals surface area contributed by atoms with E-state index >= 15 is 0 Å². The van der Waals surface area contributed by atoms with Crippen LogP contribution >= 0.6 is 0 Å². The van der Waals surface area contributed by atoms with Crippen LogP contribution in [0, 0.1) is 5.92 Å². The first kappa shape index (κ1) is 34.8. The first-order valence-electron chi connectivity index (χ1n) is 16.1. The molecule has 0 aliphatic heterocycles. The van der Waals surface area contributed by atoms with Crippen molar-refractivity contribution in [2.75, 3.05) is 25.5 Å². The molecule has 0 radical (unpaired) electrons. The molecule has 4 amide bonds. The molecule has 0 bridgehead atoms. The van der Waals surface area contributed by atoms with Crippen molar-refractivity contribution in [1.82, 2.24) is 21.5 Å². The number of rotatable bonds is 15. The van der Waals surface area contributed by atoms with Crippen LogP contribution in [0.5, 0.6) is 0 Å². The summed E-state index contributed by atoms with van der Waals surface area (Å²) in [6.45, 7) is 4.60.